The number of hydrogen-bond donors (Lipinski definition) is 1. The molecule has 0 radical (unpaired) electrons. The summed E-state index contributed by atoms with van der Waals surface area (Å²) in [6, 6.07) is 0. The van der Waals surface area contributed by atoms with Crippen LogP contribution in [-0.4, -0.2) is 14.5 Å². The Labute approximate surface area is 86.4 Å². The van der Waals surface area contributed by atoms with Crippen molar-refractivity contribution in [3.63, 3.8) is 0 Å². The molecule has 0 amide bonds. The molecule has 0 saturated heterocycles. The fraction of sp³-hybridized carbons (Fsp3) is 0.333. The number of hydrogen-bond acceptors (Lipinski definition) is 4. The van der Waals surface area contributed by atoms with Gasteiger partial charge in [0.1, 0.15) is 0 Å². The number of thiazole rings is 1. The third kappa shape index (κ3) is 1.93. The Balaban J connectivity index is 2.01. The summed E-state index contributed by atoms with van der Waals surface area (Å²) in [7, 11) is 0. The van der Waals surface area contributed by atoms with Gasteiger partial charge < -0.3 is 10.3 Å². The van der Waals surface area contributed by atoms with Crippen molar-refractivity contribution in [2.75, 3.05) is 5.73 Å². The van der Waals surface area contributed by atoms with Crippen molar-refractivity contribution in [1.82, 2.24) is 14.5 Å². The number of nitrogens with zero attached hydrogens (tertiary/aromatic N) is 3. The van der Waals surface area contributed by atoms with Crippen LogP contribution in [0.2, 0.25) is 0 Å². The lowest BCUT2D eigenvalue weighted by molar-refractivity contribution is 0.696. The maximum atomic E-state index is 5.71. The van der Waals surface area contributed by atoms with Gasteiger partial charge in [-0.2, -0.15) is 0 Å². The van der Waals surface area contributed by atoms with Gasteiger partial charge in [-0.05, 0) is 6.92 Å². The van der Waals surface area contributed by atoms with Crippen LogP contribution in [0.3, 0.4) is 0 Å². The lowest BCUT2D eigenvalue weighted by Gasteiger charge is -2.01. The van der Waals surface area contributed by atoms with Crippen LogP contribution >= 0.6 is 11.3 Å². The fourth-order valence-electron chi connectivity index (χ4n) is 1.34. The third-order valence-corrected chi connectivity index (χ3v) is 2.66. The molecule has 2 rings (SSSR count). The summed E-state index contributed by atoms with van der Waals surface area (Å²) < 4.78 is 1.95. The molecule has 14 heavy (non-hydrogen) atoms. The van der Waals surface area contributed by atoms with Gasteiger partial charge in [-0.25, -0.2) is 9.97 Å². The Morgan fingerprint density at radius 2 is 2.43 bits per heavy atom. The summed E-state index contributed by atoms with van der Waals surface area (Å²) in [4.78, 5) is 8.35. The Bertz CT molecular complexity index is 404. The Morgan fingerprint density at radius 3 is 3.00 bits per heavy atom. The van der Waals surface area contributed by atoms with E-state index < -0.39 is 0 Å². The molecule has 74 valence electrons. The van der Waals surface area contributed by atoms with Crippen LogP contribution in [-0.2, 0) is 13.0 Å². The van der Waals surface area contributed by atoms with Crippen molar-refractivity contribution in [3.8, 4) is 0 Å². The van der Waals surface area contributed by atoms with Crippen molar-refractivity contribution in [3.05, 3.63) is 28.5 Å². The lowest BCUT2D eigenvalue weighted by Crippen LogP contribution is -2.04. The van der Waals surface area contributed by atoms with Gasteiger partial charge in [-0.3, -0.25) is 0 Å². The topological polar surface area (TPSA) is 56.7 Å². The van der Waals surface area contributed by atoms with Gasteiger partial charge in [0.25, 0.3) is 0 Å². The van der Waals surface area contributed by atoms with E-state index in [0.29, 0.717) is 5.95 Å². The molecule has 0 unspecified atom stereocenters. The van der Waals surface area contributed by atoms with Crippen LogP contribution in [0, 0.1) is 6.92 Å². The second-order valence-electron chi connectivity index (χ2n) is 3.16. The van der Waals surface area contributed by atoms with Gasteiger partial charge >= 0.3 is 0 Å². The van der Waals surface area contributed by atoms with E-state index in [1.165, 1.54) is 0 Å². The number of imidazole rings is 1. The van der Waals surface area contributed by atoms with E-state index in [-0.39, 0.29) is 0 Å². The fourth-order valence-corrected chi connectivity index (χ4v) is 1.93. The molecular formula is C9H12N4S. The van der Waals surface area contributed by atoms with Gasteiger partial charge in [-0.15, -0.1) is 11.3 Å². The van der Waals surface area contributed by atoms with Crippen LogP contribution in [0.15, 0.2) is 17.1 Å². The molecule has 0 aliphatic heterocycles. The Morgan fingerprint density at radius 1 is 1.57 bits per heavy atom. The molecule has 0 fully saturated rings. The molecule has 0 saturated carbocycles. The molecule has 2 aromatic heterocycles. The van der Waals surface area contributed by atoms with Crippen molar-refractivity contribution in [2.45, 2.75) is 19.9 Å². The van der Waals surface area contributed by atoms with E-state index in [9.17, 15) is 0 Å². The van der Waals surface area contributed by atoms with Gasteiger partial charge in [0.05, 0.1) is 16.9 Å². The first-order valence-corrected chi connectivity index (χ1v) is 5.36. The van der Waals surface area contributed by atoms with E-state index in [4.69, 9.17) is 5.73 Å². The zero-order valence-corrected chi connectivity index (χ0v) is 8.79. The van der Waals surface area contributed by atoms with E-state index in [1.807, 2.05) is 23.2 Å². The summed E-state index contributed by atoms with van der Waals surface area (Å²) >= 11 is 1.62. The van der Waals surface area contributed by atoms with E-state index in [0.717, 1.165) is 24.4 Å². The van der Waals surface area contributed by atoms with Gasteiger partial charge in [-0.1, -0.05) is 0 Å². The normalized spacial score (nSPS) is 10.6. The molecule has 0 aliphatic rings. The standard InChI is InChI=1S/C9H12N4S/c1-7-4-13(9(10)12-7)3-2-8-5-14-6-11-8/h4-6H,2-3H2,1H3,(H2,10,12). The van der Waals surface area contributed by atoms with Gasteiger partial charge in [0, 0.05) is 24.5 Å². The highest BCUT2D eigenvalue weighted by Crippen LogP contribution is 2.07. The van der Waals surface area contributed by atoms with Crippen LogP contribution < -0.4 is 5.73 Å². The van der Waals surface area contributed by atoms with Crippen molar-refractivity contribution < 1.29 is 0 Å². The lowest BCUT2D eigenvalue weighted by atomic mass is 10.3. The molecule has 0 aromatic carbocycles. The minimum Gasteiger partial charge on any atom is -0.369 e. The zero-order valence-electron chi connectivity index (χ0n) is 7.97. The maximum Gasteiger partial charge on any atom is 0.200 e. The summed E-state index contributed by atoms with van der Waals surface area (Å²) in [6.45, 7) is 2.78. The van der Waals surface area contributed by atoms with Gasteiger partial charge in [0.15, 0.2) is 5.95 Å². The van der Waals surface area contributed by atoms with Crippen LogP contribution in [0.1, 0.15) is 11.4 Å². The molecule has 2 heterocycles. The third-order valence-electron chi connectivity index (χ3n) is 2.02. The van der Waals surface area contributed by atoms with E-state index in [1.54, 1.807) is 11.3 Å². The number of aryl methyl sites for hydroxylation is 3. The smallest absolute Gasteiger partial charge is 0.200 e. The minimum absolute atomic E-state index is 0.581. The first-order chi connectivity index (χ1) is 6.75. The Kier molecular flexibility index (Phi) is 2.49. The Hall–Kier alpha value is -1.36. The highest BCUT2D eigenvalue weighted by Gasteiger charge is 2.02. The first-order valence-electron chi connectivity index (χ1n) is 4.42. The largest absolute Gasteiger partial charge is 0.369 e. The first kappa shape index (κ1) is 9.21. The molecule has 4 nitrogen and oxygen atoms in total. The van der Waals surface area contributed by atoms with Crippen molar-refractivity contribution in [1.29, 1.82) is 0 Å². The quantitative estimate of drug-likeness (QED) is 0.831. The number of nitrogen functional groups attached to an aromatic ring is 1. The molecule has 2 N–H and O–H groups in total. The van der Waals surface area contributed by atoms with Crippen molar-refractivity contribution >= 4 is 17.3 Å². The number of aromatic nitrogens is 3. The average Bonchev–Trinajstić information content (AvgIpc) is 2.72. The molecule has 5 heteroatoms. The summed E-state index contributed by atoms with van der Waals surface area (Å²) in [5, 5.41) is 2.06. The molecule has 0 spiro atoms. The van der Waals surface area contributed by atoms with Crippen LogP contribution in [0.5, 0.6) is 0 Å². The van der Waals surface area contributed by atoms with E-state index >= 15 is 0 Å². The molecule has 0 bridgehead atoms. The minimum atomic E-state index is 0.581. The maximum absolute atomic E-state index is 5.71. The summed E-state index contributed by atoms with van der Waals surface area (Å²) in [5.41, 5.74) is 9.63. The SMILES string of the molecule is Cc1cn(CCc2cscn2)c(N)n1. The molecule has 0 aliphatic carbocycles. The predicted molar refractivity (Wildman–Crippen MR) is 57.2 cm³/mol. The predicted octanol–water partition coefficient (Wildman–Crippen LogP) is 1.47. The highest BCUT2D eigenvalue weighted by molar-refractivity contribution is 7.07. The van der Waals surface area contributed by atoms with Crippen molar-refractivity contribution in [2.24, 2.45) is 0 Å². The zero-order chi connectivity index (χ0) is 9.97. The molecule has 2 aromatic rings. The van der Waals surface area contributed by atoms with Crippen LogP contribution in [0.25, 0.3) is 0 Å². The number of anilines is 1. The average molecular weight is 208 g/mol. The second kappa shape index (κ2) is 3.79. The molecule has 0 atom stereocenters. The molecular weight excluding hydrogens is 196 g/mol. The van der Waals surface area contributed by atoms with Gasteiger partial charge in [0.2, 0.25) is 0 Å². The summed E-state index contributed by atoms with van der Waals surface area (Å²) in [5.74, 6) is 0.581. The second-order valence-corrected chi connectivity index (χ2v) is 3.88. The highest BCUT2D eigenvalue weighted by atomic mass is 32.1. The summed E-state index contributed by atoms with van der Waals surface area (Å²) in [6.07, 6.45) is 2.87. The van der Waals surface area contributed by atoms with Crippen LogP contribution in [0.4, 0.5) is 5.95 Å². The van der Waals surface area contributed by atoms with E-state index in [2.05, 4.69) is 15.3 Å². The number of nitrogens with two attached hydrogens (primary N) is 1. The number of rotatable bonds is 3. The monoisotopic (exact) mass is 208 g/mol.